The Bertz CT molecular complexity index is 1340. The third kappa shape index (κ3) is 4.17. The van der Waals surface area contributed by atoms with Crippen LogP contribution in [0.4, 0.5) is 20.2 Å². The maximum Gasteiger partial charge on any atom is 0.387 e. The lowest BCUT2D eigenvalue weighted by molar-refractivity contribution is -0.0493. The quantitative estimate of drug-likeness (QED) is 0.253. The average Bonchev–Trinajstić information content (AvgIpc) is 3.14. The van der Waals surface area contributed by atoms with Crippen molar-refractivity contribution in [1.82, 2.24) is 4.98 Å². The molecule has 0 saturated heterocycles. The van der Waals surface area contributed by atoms with Crippen LogP contribution in [0.3, 0.4) is 0 Å². The lowest BCUT2D eigenvalue weighted by Gasteiger charge is -2.11. The molecule has 0 unspecified atom stereocenters. The minimum absolute atomic E-state index is 0.0206. The van der Waals surface area contributed by atoms with Crippen LogP contribution in [-0.4, -0.2) is 31.0 Å². The lowest BCUT2D eigenvalue weighted by Crippen LogP contribution is -2.13. The number of furan rings is 1. The topological polar surface area (TPSA) is 86.0 Å². The molecule has 0 spiro atoms. The van der Waals surface area contributed by atoms with Crippen LogP contribution in [0, 0.1) is 0 Å². The molecular formula is C21H13Cl2F2N3O4. The summed E-state index contributed by atoms with van der Waals surface area (Å²) < 4.78 is 41.0. The molecule has 0 fully saturated rings. The first-order chi connectivity index (χ1) is 15.4. The highest BCUT2D eigenvalue weighted by Crippen LogP contribution is 2.40. The van der Waals surface area contributed by atoms with E-state index in [-0.39, 0.29) is 38.0 Å². The second kappa shape index (κ2) is 8.97. The van der Waals surface area contributed by atoms with Gasteiger partial charge < -0.3 is 19.2 Å². The van der Waals surface area contributed by atoms with Gasteiger partial charge in [-0.2, -0.15) is 8.78 Å². The van der Waals surface area contributed by atoms with E-state index in [1.165, 1.54) is 38.0 Å². The number of alkyl halides is 2. The van der Waals surface area contributed by atoms with Gasteiger partial charge in [0.05, 0.1) is 34.1 Å². The summed E-state index contributed by atoms with van der Waals surface area (Å²) in [4.78, 5) is 21.1. The molecule has 4 rings (SSSR count). The van der Waals surface area contributed by atoms with Gasteiger partial charge in [-0.1, -0.05) is 23.2 Å². The fourth-order valence-electron chi connectivity index (χ4n) is 3.13. The Morgan fingerprint density at radius 2 is 1.97 bits per heavy atom. The summed E-state index contributed by atoms with van der Waals surface area (Å²) in [5, 5.41) is 3.61. The van der Waals surface area contributed by atoms with Gasteiger partial charge >= 0.3 is 6.61 Å². The van der Waals surface area contributed by atoms with Crippen molar-refractivity contribution in [2.24, 2.45) is 4.99 Å². The Hall–Kier alpha value is -3.43. The SMILES string of the molecule is COC=Nc1ccc2oc3c(OC(F)F)ccc(C(=O)Nc4c(Cl)cncc4Cl)c3c2c1. The Labute approximate surface area is 189 Å². The largest absolute Gasteiger partial charge is 0.486 e. The molecule has 2 aromatic heterocycles. The Balaban J connectivity index is 1.91. The average molecular weight is 480 g/mol. The first-order valence-corrected chi connectivity index (χ1v) is 9.74. The minimum Gasteiger partial charge on any atom is -0.486 e. The highest BCUT2D eigenvalue weighted by Gasteiger charge is 2.23. The van der Waals surface area contributed by atoms with Gasteiger partial charge in [-0.3, -0.25) is 9.78 Å². The summed E-state index contributed by atoms with van der Waals surface area (Å²) >= 11 is 12.2. The number of aromatic nitrogens is 1. The number of amides is 1. The monoisotopic (exact) mass is 479 g/mol. The molecule has 1 amide bonds. The van der Waals surface area contributed by atoms with E-state index in [1.807, 2.05) is 0 Å². The maximum atomic E-state index is 13.1. The van der Waals surface area contributed by atoms with E-state index < -0.39 is 12.5 Å². The fourth-order valence-corrected chi connectivity index (χ4v) is 3.59. The molecule has 2 heterocycles. The van der Waals surface area contributed by atoms with Crippen molar-refractivity contribution in [1.29, 1.82) is 0 Å². The fraction of sp³-hybridized carbons (Fsp3) is 0.0952. The van der Waals surface area contributed by atoms with Crippen molar-refractivity contribution in [3.05, 3.63) is 58.3 Å². The van der Waals surface area contributed by atoms with Crippen molar-refractivity contribution in [3.63, 3.8) is 0 Å². The van der Waals surface area contributed by atoms with Gasteiger partial charge in [-0.15, -0.1) is 0 Å². The zero-order valence-corrected chi connectivity index (χ0v) is 17.7. The third-order valence-electron chi connectivity index (χ3n) is 4.43. The highest BCUT2D eigenvalue weighted by atomic mass is 35.5. The number of aliphatic imine (C=N–C) groups is 1. The van der Waals surface area contributed by atoms with E-state index in [0.29, 0.717) is 16.7 Å². The van der Waals surface area contributed by atoms with Crippen LogP contribution in [0.25, 0.3) is 21.9 Å². The molecule has 32 heavy (non-hydrogen) atoms. The standard InChI is InChI=1S/C21H13Cl2F2N3O4/c1-30-9-27-10-2-4-15-12(6-10)17-11(3-5-16(19(17)31-15)32-21(24)25)20(29)28-18-13(22)7-26-8-14(18)23/h2-9,21H,1H3,(H,26,28,29). The molecule has 1 N–H and O–H groups in total. The number of rotatable bonds is 6. The number of benzene rings is 2. The zero-order chi connectivity index (χ0) is 22.8. The van der Waals surface area contributed by atoms with Crippen LogP contribution in [0.15, 0.2) is 52.1 Å². The molecule has 0 saturated carbocycles. The Morgan fingerprint density at radius 1 is 1.22 bits per heavy atom. The summed E-state index contributed by atoms with van der Waals surface area (Å²) in [6.07, 6.45) is 3.88. The van der Waals surface area contributed by atoms with Crippen molar-refractivity contribution < 1.29 is 27.5 Å². The van der Waals surface area contributed by atoms with Crippen LogP contribution < -0.4 is 10.1 Å². The first kappa shape index (κ1) is 21.8. The third-order valence-corrected chi connectivity index (χ3v) is 5.00. The number of halogens is 4. The van der Waals surface area contributed by atoms with E-state index in [9.17, 15) is 13.6 Å². The van der Waals surface area contributed by atoms with E-state index in [0.717, 1.165) is 0 Å². The number of carbonyl (C=O) groups is 1. The molecule has 0 aliphatic carbocycles. The number of ether oxygens (including phenoxy) is 2. The van der Waals surface area contributed by atoms with Gasteiger partial charge in [0.15, 0.2) is 17.7 Å². The molecule has 7 nitrogen and oxygen atoms in total. The summed E-state index contributed by atoms with van der Waals surface area (Å²) in [5.41, 5.74) is 1.10. The van der Waals surface area contributed by atoms with Crippen LogP contribution in [0.1, 0.15) is 10.4 Å². The van der Waals surface area contributed by atoms with E-state index >= 15 is 0 Å². The first-order valence-electron chi connectivity index (χ1n) is 8.98. The van der Waals surface area contributed by atoms with Gasteiger partial charge in [0, 0.05) is 23.2 Å². The summed E-state index contributed by atoms with van der Waals surface area (Å²) in [6, 6.07) is 7.45. The van der Waals surface area contributed by atoms with Gasteiger partial charge in [0.1, 0.15) is 5.58 Å². The van der Waals surface area contributed by atoms with Gasteiger partial charge in [-0.25, -0.2) is 4.99 Å². The second-order valence-corrected chi connectivity index (χ2v) is 7.19. The smallest absolute Gasteiger partial charge is 0.387 e. The molecule has 11 heteroatoms. The molecule has 0 aliphatic heterocycles. The Morgan fingerprint density at radius 3 is 2.66 bits per heavy atom. The normalized spacial score (nSPS) is 11.6. The molecular weight excluding hydrogens is 467 g/mol. The van der Waals surface area contributed by atoms with Crippen molar-refractivity contribution >= 4 is 68.8 Å². The van der Waals surface area contributed by atoms with Gasteiger partial charge in [-0.05, 0) is 30.3 Å². The molecule has 164 valence electrons. The number of fused-ring (bicyclic) bond motifs is 3. The van der Waals surface area contributed by atoms with E-state index in [2.05, 4.69) is 20.0 Å². The summed E-state index contributed by atoms with van der Waals surface area (Å²) in [6.45, 7) is -3.08. The van der Waals surface area contributed by atoms with E-state index in [1.54, 1.807) is 18.2 Å². The number of anilines is 1. The maximum absolute atomic E-state index is 13.1. The van der Waals surface area contributed by atoms with Crippen LogP contribution in [0.2, 0.25) is 10.0 Å². The van der Waals surface area contributed by atoms with Gasteiger partial charge in [0.25, 0.3) is 5.91 Å². The summed E-state index contributed by atoms with van der Waals surface area (Å²) in [7, 11) is 1.45. The molecule has 0 atom stereocenters. The predicted molar refractivity (Wildman–Crippen MR) is 118 cm³/mol. The predicted octanol–water partition coefficient (Wildman–Crippen LogP) is 6.45. The number of carbonyl (C=O) groups excluding carboxylic acids is 1. The number of nitrogens with one attached hydrogen (secondary N) is 1. The molecule has 4 aromatic rings. The van der Waals surface area contributed by atoms with E-state index in [4.69, 9.17) is 32.4 Å². The summed E-state index contributed by atoms with van der Waals surface area (Å²) in [5.74, 6) is -0.813. The number of pyridine rings is 1. The zero-order valence-electron chi connectivity index (χ0n) is 16.2. The molecule has 2 aromatic carbocycles. The number of hydrogen-bond donors (Lipinski definition) is 1. The second-order valence-electron chi connectivity index (χ2n) is 6.38. The molecule has 0 aliphatic rings. The minimum atomic E-state index is -3.08. The van der Waals surface area contributed by atoms with Crippen LogP contribution in [0.5, 0.6) is 5.75 Å². The molecule has 0 bridgehead atoms. The Kier molecular flexibility index (Phi) is 6.11. The highest BCUT2D eigenvalue weighted by molar-refractivity contribution is 6.40. The van der Waals surface area contributed by atoms with Crippen LogP contribution >= 0.6 is 23.2 Å². The molecule has 0 radical (unpaired) electrons. The van der Waals surface area contributed by atoms with Crippen LogP contribution in [-0.2, 0) is 4.74 Å². The van der Waals surface area contributed by atoms with Crippen molar-refractivity contribution in [2.75, 3.05) is 12.4 Å². The van der Waals surface area contributed by atoms with Crippen molar-refractivity contribution in [3.8, 4) is 5.75 Å². The number of nitrogens with zero attached hydrogens (tertiary/aromatic N) is 2. The number of methoxy groups -OCH3 is 1. The van der Waals surface area contributed by atoms with Crippen molar-refractivity contribution in [2.45, 2.75) is 6.61 Å². The van der Waals surface area contributed by atoms with Gasteiger partial charge in [0.2, 0.25) is 0 Å². The number of hydrogen-bond acceptors (Lipinski definition) is 6. The lowest BCUT2D eigenvalue weighted by atomic mass is 10.0.